The maximum Gasteiger partial charge on any atom is 0.226 e. The lowest BCUT2D eigenvalue weighted by Crippen LogP contribution is -2.02. The topological polar surface area (TPSA) is 55.6 Å². The Morgan fingerprint density at radius 1 is 1.22 bits per heavy atom. The summed E-state index contributed by atoms with van der Waals surface area (Å²) in [5.74, 6) is 0.0929. The Labute approximate surface area is 153 Å². The van der Waals surface area contributed by atoms with Gasteiger partial charge in [-0.1, -0.05) is 0 Å². The second kappa shape index (κ2) is 6.33. The first-order valence-corrected chi connectivity index (χ1v) is 8.65. The maximum atomic E-state index is 13.7. The molecule has 9 heteroatoms. The predicted molar refractivity (Wildman–Crippen MR) is 95.8 cm³/mol. The van der Waals surface area contributed by atoms with E-state index >= 15 is 0 Å². The van der Waals surface area contributed by atoms with Crippen LogP contribution in [-0.4, -0.2) is 19.5 Å². The van der Waals surface area contributed by atoms with Gasteiger partial charge in [-0.3, -0.25) is 0 Å². The highest BCUT2D eigenvalue weighted by atomic mass is 79.9. The van der Waals surface area contributed by atoms with Crippen LogP contribution in [0.25, 0.3) is 11.2 Å². The van der Waals surface area contributed by atoms with E-state index in [0.717, 1.165) is 0 Å². The van der Waals surface area contributed by atoms with Gasteiger partial charge in [0.05, 0.1) is 15.3 Å². The Morgan fingerprint density at radius 3 is 2.48 bits per heavy atom. The molecule has 0 aliphatic carbocycles. The molecule has 0 radical (unpaired) electrons. The number of aromatic nitrogens is 4. The van der Waals surface area contributed by atoms with Crippen LogP contribution in [0.5, 0.6) is 0 Å². The van der Waals surface area contributed by atoms with Crippen molar-refractivity contribution in [3.63, 3.8) is 0 Å². The van der Waals surface area contributed by atoms with E-state index in [0.29, 0.717) is 31.6 Å². The van der Waals surface area contributed by atoms with E-state index in [9.17, 15) is 4.39 Å². The Balaban J connectivity index is 2.10. The molecule has 1 N–H and O–H groups in total. The molecule has 120 valence electrons. The Bertz CT molecular complexity index is 873. The minimum atomic E-state index is -0.370. The van der Waals surface area contributed by atoms with Gasteiger partial charge in [-0.05, 0) is 69.4 Å². The number of halogens is 4. The van der Waals surface area contributed by atoms with Gasteiger partial charge in [0.1, 0.15) is 0 Å². The molecule has 0 atom stereocenters. The van der Waals surface area contributed by atoms with Crippen molar-refractivity contribution in [1.82, 2.24) is 19.5 Å². The first-order chi connectivity index (χ1) is 10.9. The molecule has 23 heavy (non-hydrogen) atoms. The van der Waals surface area contributed by atoms with Gasteiger partial charge < -0.3 is 9.88 Å². The molecule has 0 unspecified atom stereocenters. The molecule has 0 saturated heterocycles. The van der Waals surface area contributed by atoms with Gasteiger partial charge in [0.2, 0.25) is 5.28 Å². The molecule has 0 amide bonds. The number of nitrogens with one attached hydrogen (secondary N) is 1. The van der Waals surface area contributed by atoms with Crippen LogP contribution in [0.15, 0.2) is 27.4 Å². The van der Waals surface area contributed by atoms with Gasteiger partial charge in [0.15, 0.2) is 22.8 Å². The Hall–Kier alpha value is -1.25. The van der Waals surface area contributed by atoms with Crippen LogP contribution in [0.1, 0.15) is 19.9 Å². The summed E-state index contributed by atoms with van der Waals surface area (Å²) < 4.78 is 16.2. The third-order valence-electron chi connectivity index (χ3n) is 3.20. The van der Waals surface area contributed by atoms with Crippen LogP contribution in [-0.2, 0) is 0 Å². The van der Waals surface area contributed by atoms with Crippen LogP contribution in [0.3, 0.4) is 0 Å². The zero-order chi connectivity index (χ0) is 16.7. The SMILES string of the molecule is CC(C)n1cnc2c(Nc3cc(Br)c(F)c(Br)c3)nc(Cl)nc21. The number of fused-ring (bicyclic) bond motifs is 1. The van der Waals surface area contributed by atoms with Crippen molar-refractivity contribution < 1.29 is 4.39 Å². The van der Waals surface area contributed by atoms with E-state index in [-0.39, 0.29) is 17.1 Å². The molecule has 3 aromatic rings. The molecule has 0 fully saturated rings. The van der Waals surface area contributed by atoms with Gasteiger partial charge >= 0.3 is 0 Å². The first kappa shape index (κ1) is 16.6. The molecule has 2 aromatic heterocycles. The van der Waals surface area contributed by atoms with Crippen molar-refractivity contribution >= 4 is 66.1 Å². The summed E-state index contributed by atoms with van der Waals surface area (Å²) in [6, 6.07) is 3.41. The summed E-state index contributed by atoms with van der Waals surface area (Å²) in [5.41, 5.74) is 1.88. The van der Waals surface area contributed by atoms with E-state index in [1.54, 1.807) is 18.5 Å². The minimum Gasteiger partial charge on any atom is -0.338 e. The highest BCUT2D eigenvalue weighted by Gasteiger charge is 2.15. The lowest BCUT2D eigenvalue weighted by atomic mass is 10.3. The predicted octanol–water partition coefficient (Wildman–Crippen LogP) is 5.47. The van der Waals surface area contributed by atoms with Crippen molar-refractivity contribution in [1.29, 1.82) is 0 Å². The van der Waals surface area contributed by atoms with E-state index in [2.05, 4.69) is 52.1 Å². The van der Waals surface area contributed by atoms with Gasteiger partial charge in [0, 0.05) is 11.7 Å². The summed E-state index contributed by atoms with van der Waals surface area (Å²) in [5, 5.41) is 3.22. The van der Waals surface area contributed by atoms with Crippen molar-refractivity contribution in [2.24, 2.45) is 0 Å². The van der Waals surface area contributed by atoms with Crippen molar-refractivity contribution in [3.05, 3.63) is 38.5 Å². The van der Waals surface area contributed by atoms with Crippen LogP contribution < -0.4 is 5.32 Å². The number of benzene rings is 1. The highest BCUT2D eigenvalue weighted by molar-refractivity contribution is 9.11. The second-order valence-corrected chi connectivity index (χ2v) is 7.18. The normalized spacial score (nSPS) is 11.4. The molecule has 0 bridgehead atoms. The van der Waals surface area contributed by atoms with E-state index in [1.165, 1.54) is 0 Å². The van der Waals surface area contributed by atoms with E-state index in [1.807, 2.05) is 18.4 Å². The second-order valence-electron chi connectivity index (χ2n) is 5.14. The summed E-state index contributed by atoms with van der Waals surface area (Å²) in [4.78, 5) is 12.8. The minimum absolute atomic E-state index is 0.114. The quantitative estimate of drug-likeness (QED) is 0.414. The molecule has 0 aliphatic rings. The Kier molecular flexibility index (Phi) is 4.57. The van der Waals surface area contributed by atoms with Crippen molar-refractivity contribution in [2.45, 2.75) is 19.9 Å². The third kappa shape index (κ3) is 3.20. The summed E-state index contributed by atoms with van der Waals surface area (Å²) in [6.07, 6.45) is 1.70. The fraction of sp³-hybridized carbons (Fsp3) is 0.214. The van der Waals surface area contributed by atoms with Gasteiger partial charge in [-0.15, -0.1) is 0 Å². The van der Waals surface area contributed by atoms with Crippen LogP contribution in [0.2, 0.25) is 5.28 Å². The standard InChI is InChI=1S/C14H11Br2ClFN5/c1-6(2)23-5-19-11-12(21-14(17)22-13(11)23)20-7-3-8(15)10(18)9(16)4-7/h3-6H,1-2H3,(H,20,21,22). The smallest absolute Gasteiger partial charge is 0.226 e. The van der Waals surface area contributed by atoms with Crippen LogP contribution in [0.4, 0.5) is 15.9 Å². The number of hydrogen-bond acceptors (Lipinski definition) is 4. The molecule has 5 nitrogen and oxygen atoms in total. The summed E-state index contributed by atoms with van der Waals surface area (Å²) in [6.45, 7) is 4.05. The molecular weight excluding hydrogens is 452 g/mol. The average Bonchev–Trinajstić information content (AvgIpc) is 2.88. The van der Waals surface area contributed by atoms with Crippen LogP contribution in [0, 0.1) is 5.82 Å². The number of rotatable bonds is 3. The van der Waals surface area contributed by atoms with E-state index in [4.69, 9.17) is 11.6 Å². The molecule has 0 saturated carbocycles. The van der Waals surface area contributed by atoms with Gasteiger partial charge in [0.25, 0.3) is 0 Å². The molecule has 0 aliphatic heterocycles. The molecule has 3 rings (SSSR count). The fourth-order valence-electron chi connectivity index (χ4n) is 2.12. The molecule has 0 spiro atoms. The van der Waals surface area contributed by atoms with Gasteiger partial charge in [-0.2, -0.15) is 9.97 Å². The zero-order valence-electron chi connectivity index (χ0n) is 12.1. The zero-order valence-corrected chi connectivity index (χ0v) is 16.0. The monoisotopic (exact) mass is 461 g/mol. The molecule has 1 aromatic carbocycles. The fourth-order valence-corrected chi connectivity index (χ4v) is 3.47. The number of hydrogen-bond donors (Lipinski definition) is 1. The largest absolute Gasteiger partial charge is 0.338 e. The Morgan fingerprint density at radius 2 is 1.87 bits per heavy atom. The lowest BCUT2D eigenvalue weighted by molar-refractivity contribution is 0.612. The van der Waals surface area contributed by atoms with Crippen molar-refractivity contribution in [2.75, 3.05) is 5.32 Å². The molecular formula is C14H11Br2ClFN5. The lowest BCUT2D eigenvalue weighted by Gasteiger charge is -2.10. The third-order valence-corrected chi connectivity index (χ3v) is 4.52. The number of nitrogens with zero attached hydrogens (tertiary/aromatic N) is 4. The highest BCUT2D eigenvalue weighted by Crippen LogP contribution is 2.31. The van der Waals surface area contributed by atoms with Crippen molar-refractivity contribution in [3.8, 4) is 0 Å². The maximum absolute atomic E-state index is 13.7. The summed E-state index contributed by atoms with van der Waals surface area (Å²) in [7, 11) is 0. The average molecular weight is 464 g/mol. The van der Waals surface area contributed by atoms with E-state index < -0.39 is 0 Å². The number of imidazole rings is 1. The first-order valence-electron chi connectivity index (χ1n) is 6.68. The van der Waals surface area contributed by atoms with Crippen LogP contribution >= 0.6 is 43.5 Å². The molecule has 2 heterocycles. The summed E-state index contributed by atoms with van der Waals surface area (Å²) >= 11 is 12.4. The van der Waals surface area contributed by atoms with Gasteiger partial charge in [-0.25, -0.2) is 9.37 Å². The number of anilines is 2.